The molecule has 2 aromatic carbocycles. The number of carbonyl (C=O) groups excluding carboxylic acids is 1. The van der Waals surface area contributed by atoms with Crippen LogP contribution in [0.1, 0.15) is 18.1 Å². The Morgan fingerprint density at radius 3 is 2.32 bits per heavy atom. The highest BCUT2D eigenvalue weighted by Crippen LogP contribution is 2.20. The summed E-state index contributed by atoms with van der Waals surface area (Å²) in [5.74, 6) is -0.377. The van der Waals surface area contributed by atoms with E-state index in [9.17, 15) is 13.2 Å². The quantitative estimate of drug-likeness (QED) is 0.613. The van der Waals surface area contributed by atoms with Crippen molar-refractivity contribution in [3.8, 4) is 0 Å². The molecule has 0 saturated heterocycles. The van der Waals surface area contributed by atoms with E-state index in [4.69, 9.17) is 4.74 Å². The molecule has 0 radical (unpaired) electrons. The molecule has 0 bridgehead atoms. The maximum absolute atomic E-state index is 13.2. The van der Waals surface area contributed by atoms with Crippen LogP contribution in [-0.4, -0.2) is 44.9 Å². The summed E-state index contributed by atoms with van der Waals surface area (Å²) in [5.41, 5.74) is 1.75. The molecule has 1 amide bonds. The minimum Gasteiger partial charge on any atom is -0.383 e. The Kier molecular flexibility index (Phi) is 8.18. The van der Waals surface area contributed by atoms with E-state index in [2.05, 4.69) is 21.2 Å². The summed E-state index contributed by atoms with van der Waals surface area (Å²) in [5, 5.41) is 2.76. The lowest BCUT2D eigenvalue weighted by Gasteiger charge is -2.23. The smallest absolute Gasteiger partial charge is 0.243 e. The molecule has 0 spiro atoms. The van der Waals surface area contributed by atoms with Gasteiger partial charge in [0.1, 0.15) is 0 Å². The predicted octanol–water partition coefficient (Wildman–Crippen LogP) is 3.10. The number of amides is 1. The number of rotatable bonds is 9. The summed E-state index contributed by atoms with van der Waals surface area (Å²) in [7, 11) is -2.29. The minimum atomic E-state index is -3.84. The first-order chi connectivity index (χ1) is 13.2. The average Bonchev–Trinajstić information content (AvgIpc) is 2.63. The second-order valence-corrected chi connectivity index (χ2v) is 9.49. The minimum absolute atomic E-state index is 0.0928. The third kappa shape index (κ3) is 6.41. The molecule has 0 unspecified atom stereocenters. The largest absolute Gasteiger partial charge is 0.383 e. The van der Waals surface area contributed by atoms with E-state index in [1.165, 1.54) is 4.31 Å². The van der Waals surface area contributed by atoms with Gasteiger partial charge in [0, 0.05) is 24.2 Å². The second kappa shape index (κ2) is 10.2. The molecule has 0 heterocycles. The van der Waals surface area contributed by atoms with Crippen LogP contribution < -0.4 is 5.32 Å². The van der Waals surface area contributed by atoms with E-state index in [-0.39, 0.29) is 29.9 Å². The third-order valence-corrected chi connectivity index (χ3v) is 6.41. The summed E-state index contributed by atoms with van der Waals surface area (Å²) in [6.45, 7) is 3.86. The molecule has 0 aliphatic carbocycles. The summed E-state index contributed by atoms with van der Waals surface area (Å²) < 4.78 is 33.4. The van der Waals surface area contributed by atoms with Crippen LogP contribution in [0.4, 0.5) is 0 Å². The van der Waals surface area contributed by atoms with Crippen LogP contribution in [0.5, 0.6) is 0 Å². The zero-order valence-corrected chi connectivity index (χ0v) is 18.6. The van der Waals surface area contributed by atoms with E-state index in [0.29, 0.717) is 6.61 Å². The summed E-state index contributed by atoms with van der Waals surface area (Å²) >= 11 is 3.37. The SMILES string of the molecule is COC[C@H](C)NC(=O)CN(Cc1ccc(Br)cc1)S(=O)(=O)c1ccc(C)cc1. The lowest BCUT2D eigenvalue weighted by atomic mass is 10.2. The molecular formula is C20H25BrN2O4S. The van der Waals surface area contributed by atoms with Crippen LogP contribution in [-0.2, 0) is 26.1 Å². The number of sulfonamides is 1. The number of nitrogens with one attached hydrogen (secondary N) is 1. The molecular weight excluding hydrogens is 444 g/mol. The number of carbonyl (C=O) groups is 1. The molecule has 0 aliphatic rings. The molecule has 1 atom stereocenters. The van der Waals surface area contributed by atoms with Crippen LogP contribution in [0, 0.1) is 6.92 Å². The van der Waals surface area contributed by atoms with E-state index in [0.717, 1.165) is 15.6 Å². The van der Waals surface area contributed by atoms with Crippen molar-refractivity contribution < 1.29 is 17.9 Å². The van der Waals surface area contributed by atoms with Crippen molar-refractivity contribution in [2.24, 2.45) is 0 Å². The van der Waals surface area contributed by atoms with Gasteiger partial charge in [0.05, 0.1) is 18.0 Å². The van der Waals surface area contributed by atoms with Gasteiger partial charge in [-0.25, -0.2) is 8.42 Å². The highest BCUT2D eigenvalue weighted by molar-refractivity contribution is 9.10. The van der Waals surface area contributed by atoms with Gasteiger partial charge in [0.15, 0.2) is 0 Å². The molecule has 0 saturated carbocycles. The van der Waals surface area contributed by atoms with Gasteiger partial charge < -0.3 is 10.1 Å². The Morgan fingerprint density at radius 1 is 1.14 bits per heavy atom. The van der Waals surface area contributed by atoms with Crippen molar-refractivity contribution >= 4 is 31.9 Å². The first-order valence-corrected chi connectivity index (χ1v) is 11.0. The molecule has 0 aromatic heterocycles. The Hall–Kier alpha value is -1.74. The monoisotopic (exact) mass is 468 g/mol. The van der Waals surface area contributed by atoms with Crippen molar-refractivity contribution in [1.29, 1.82) is 0 Å². The number of hydrogen-bond acceptors (Lipinski definition) is 4. The number of hydrogen-bond donors (Lipinski definition) is 1. The molecule has 28 heavy (non-hydrogen) atoms. The molecule has 1 N–H and O–H groups in total. The van der Waals surface area contributed by atoms with E-state index in [1.807, 2.05) is 31.2 Å². The number of benzene rings is 2. The molecule has 8 heteroatoms. The molecule has 6 nitrogen and oxygen atoms in total. The normalized spacial score (nSPS) is 12.8. The van der Waals surface area contributed by atoms with E-state index < -0.39 is 10.0 Å². The van der Waals surface area contributed by atoms with Crippen molar-refractivity contribution in [3.05, 3.63) is 64.1 Å². The number of ether oxygens (including phenoxy) is 1. The van der Waals surface area contributed by atoms with Gasteiger partial charge in [-0.05, 0) is 43.7 Å². The van der Waals surface area contributed by atoms with Gasteiger partial charge in [0.25, 0.3) is 0 Å². The fraction of sp³-hybridized carbons (Fsp3) is 0.350. The highest BCUT2D eigenvalue weighted by atomic mass is 79.9. The van der Waals surface area contributed by atoms with Crippen molar-refractivity contribution in [2.45, 2.75) is 31.3 Å². The van der Waals surface area contributed by atoms with Gasteiger partial charge >= 0.3 is 0 Å². The fourth-order valence-electron chi connectivity index (χ4n) is 2.65. The lowest BCUT2D eigenvalue weighted by molar-refractivity contribution is -0.122. The summed E-state index contributed by atoms with van der Waals surface area (Å²) in [6.07, 6.45) is 0. The van der Waals surface area contributed by atoms with Gasteiger partial charge in [-0.2, -0.15) is 4.31 Å². The molecule has 152 valence electrons. The zero-order chi connectivity index (χ0) is 20.7. The van der Waals surface area contributed by atoms with Gasteiger partial charge in [0.2, 0.25) is 15.9 Å². The maximum Gasteiger partial charge on any atom is 0.243 e. The third-order valence-electron chi connectivity index (χ3n) is 4.07. The Labute approximate surface area is 175 Å². The summed E-state index contributed by atoms with van der Waals surface area (Å²) in [4.78, 5) is 12.6. The van der Waals surface area contributed by atoms with E-state index in [1.54, 1.807) is 38.3 Å². The molecule has 2 rings (SSSR count). The number of nitrogens with zero attached hydrogens (tertiary/aromatic N) is 1. The van der Waals surface area contributed by atoms with Crippen molar-refractivity contribution in [3.63, 3.8) is 0 Å². The van der Waals surface area contributed by atoms with Crippen molar-refractivity contribution in [2.75, 3.05) is 20.3 Å². The van der Waals surface area contributed by atoms with Crippen LogP contribution in [0.2, 0.25) is 0 Å². The van der Waals surface area contributed by atoms with E-state index >= 15 is 0 Å². The topological polar surface area (TPSA) is 75.7 Å². The lowest BCUT2D eigenvalue weighted by Crippen LogP contribution is -2.44. The highest BCUT2D eigenvalue weighted by Gasteiger charge is 2.27. The van der Waals surface area contributed by atoms with Crippen LogP contribution in [0.3, 0.4) is 0 Å². The number of halogens is 1. The molecule has 0 aliphatic heterocycles. The van der Waals surface area contributed by atoms with Gasteiger partial charge in [-0.3, -0.25) is 4.79 Å². The molecule has 2 aromatic rings. The Bertz CT molecular complexity index is 883. The van der Waals surface area contributed by atoms with Crippen molar-refractivity contribution in [1.82, 2.24) is 9.62 Å². The fourth-order valence-corrected chi connectivity index (χ4v) is 4.30. The Morgan fingerprint density at radius 2 is 1.75 bits per heavy atom. The average molecular weight is 469 g/mol. The summed E-state index contributed by atoms with van der Waals surface area (Å²) in [6, 6.07) is 13.7. The van der Waals surface area contributed by atoms with Crippen LogP contribution in [0.15, 0.2) is 57.9 Å². The van der Waals surface area contributed by atoms with Crippen LogP contribution >= 0.6 is 15.9 Å². The maximum atomic E-state index is 13.2. The predicted molar refractivity (Wildman–Crippen MR) is 112 cm³/mol. The molecule has 0 fully saturated rings. The number of methoxy groups -OCH3 is 1. The van der Waals surface area contributed by atoms with Gasteiger partial charge in [-0.1, -0.05) is 45.8 Å². The van der Waals surface area contributed by atoms with Crippen LogP contribution in [0.25, 0.3) is 0 Å². The van der Waals surface area contributed by atoms with Gasteiger partial charge in [-0.15, -0.1) is 0 Å². The zero-order valence-electron chi connectivity index (χ0n) is 16.2. The first-order valence-electron chi connectivity index (χ1n) is 8.82. The number of aryl methyl sites for hydroxylation is 1. The Balaban J connectivity index is 2.27. The standard InChI is InChI=1S/C20H25BrN2O4S/c1-15-4-10-19(11-5-15)28(25,26)23(12-17-6-8-18(21)9-7-17)13-20(24)22-16(2)14-27-3/h4-11,16H,12-14H2,1-3H3,(H,22,24)/t16-/m0/s1. The first kappa shape index (κ1) is 22.5. The second-order valence-electron chi connectivity index (χ2n) is 6.64.